The van der Waals surface area contributed by atoms with Crippen molar-refractivity contribution in [3.8, 4) is 0 Å². The fourth-order valence-electron chi connectivity index (χ4n) is 4.51. The van der Waals surface area contributed by atoms with E-state index >= 15 is 0 Å². The molecule has 11 heteroatoms. The van der Waals surface area contributed by atoms with Crippen molar-refractivity contribution in [2.75, 3.05) is 22.5 Å². The Kier molecular flexibility index (Phi) is 5.48. The van der Waals surface area contributed by atoms with Crippen molar-refractivity contribution in [3.63, 3.8) is 0 Å². The minimum absolute atomic E-state index is 0.0357. The highest BCUT2D eigenvalue weighted by Gasteiger charge is 2.42. The standard InChI is InChI=1S/C23H22N4O5S2/c1-2-23(10-9-19(28)25-21(23)30)15-4-6-16(7-5-15)24-20(29)14-3-8-17-18(13-14)33-22-26-34(31,32)12-11-27(17)22/h3-8,13H,2,9-12H2,1H3,(H,24,29)(H,25,28,30). The molecule has 9 nitrogen and oxygen atoms in total. The predicted molar refractivity (Wildman–Crippen MR) is 130 cm³/mol. The second-order valence-corrected chi connectivity index (χ2v) is 11.2. The summed E-state index contributed by atoms with van der Waals surface area (Å²) < 4.78 is 27.4. The molecule has 2 aromatic carbocycles. The Morgan fingerprint density at radius 1 is 1.21 bits per heavy atom. The number of nitrogens with zero attached hydrogens (tertiary/aromatic N) is 2. The minimum Gasteiger partial charge on any atom is -0.322 e. The van der Waals surface area contributed by atoms with Gasteiger partial charge in [-0.25, -0.2) is 8.42 Å². The Bertz CT molecular complexity index is 1350. The molecule has 0 spiro atoms. The zero-order chi connectivity index (χ0) is 24.1. The summed E-state index contributed by atoms with van der Waals surface area (Å²) >= 11 is 1.24. The molecule has 34 heavy (non-hydrogen) atoms. The van der Waals surface area contributed by atoms with Crippen LogP contribution in [0.15, 0.2) is 51.8 Å². The zero-order valence-electron chi connectivity index (χ0n) is 18.3. The van der Waals surface area contributed by atoms with Crippen molar-refractivity contribution in [2.45, 2.75) is 36.5 Å². The Balaban J connectivity index is 1.32. The highest BCUT2D eigenvalue weighted by atomic mass is 32.2. The first-order valence-corrected chi connectivity index (χ1v) is 13.3. The molecule has 1 atom stereocenters. The second kappa shape index (κ2) is 8.24. The fraction of sp³-hybridized carbons (Fsp3) is 0.304. The maximum atomic E-state index is 12.9. The number of thioether (sulfide) groups is 1. The van der Waals surface area contributed by atoms with Gasteiger partial charge in [-0.15, -0.1) is 4.40 Å². The van der Waals surface area contributed by atoms with Crippen LogP contribution in [0.25, 0.3) is 0 Å². The molecule has 0 bridgehead atoms. The largest absolute Gasteiger partial charge is 0.322 e. The number of carbonyl (C=O) groups excluding carboxylic acids is 3. The van der Waals surface area contributed by atoms with Crippen LogP contribution in [0.2, 0.25) is 0 Å². The van der Waals surface area contributed by atoms with Crippen molar-refractivity contribution in [3.05, 3.63) is 53.6 Å². The average Bonchev–Trinajstić information content (AvgIpc) is 3.15. The third kappa shape index (κ3) is 3.88. The van der Waals surface area contributed by atoms with E-state index in [2.05, 4.69) is 15.0 Å². The number of carbonyl (C=O) groups is 3. The zero-order valence-corrected chi connectivity index (χ0v) is 20.0. The maximum absolute atomic E-state index is 12.9. The third-order valence-corrected chi connectivity index (χ3v) is 8.81. The van der Waals surface area contributed by atoms with Crippen LogP contribution in [0, 0.1) is 0 Å². The number of amidine groups is 1. The first-order valence-electron chi connectivity index (χ1n) is 10.9. The molecule has 3 heterocycles. The van der Waals surface area contributed by atoms with Crippen LogP contribution in [-0.2, 0) is 25.0 Å². The number of piperidine rings is 1. The molecule has 2 aromatic rings. The lowest BCUT2D eigenvalue weighted by atomic mass is 9.72. The molecular weight excluding hydrogens is 476 g/mol. The molecule has 1 unspecified atom stereocenters. The molecule has 1 fully saturated rings. The summed E-state index contributed by atoms with van der Waals surface area (Å²) in [4.78, 5) is 39.6. The number of nitrogens with one attached hydrogen (secondary N) is 2. The van der Waals surface area contributed by atoms with Crippen molar-refractivity contribution in [1.82, 2.24) is 5.32 Å². The van der Waals surface area contributed by atoms with E-state index in [-0.39, 0.29) is 23.5 Å². The van der Waals surface area contributed by atoms with Gasteiger partial charge in [-0.1, -0.05) is 19.1 Å². The molecular formula is C23H22N4O5S2. The van der Waals surface area contributed by atoms with Gasteiger partial charge in [0.05, 0.1) is 16.9 Å². The van der Waals surface area contributed by atoms with Gasteiger partial charge in [0.2, 0.25) is 11.8 Å². The lowest BCUT2D eigenvalue weighted by Gasteiger charge is -2.35. The number of hydrogen-bond donors (Lipinski definition) is 2. The van der Waals surface area contributed by atoms with Crippen molar-refractivity contribution >= 4 is 56.0 Å². The summed E-state index contributed by atoms with van der Waals surface area (Å²) in [5.74, 6) is -0.879. The summed E-state index contributed by atoms with van der Waals surface area (Å²) in [6.45, 7) is 2.26. The second-order valence-electron chi connectivity index (χ2n) is 8.44. The lowest BCUT2D eigenvalue weighted by Crippen LogP contribution is -2.51. The number of rotatable bonds is 4. The summed E-state index contributed by atoms with van der Waals surface area (Å²) in [7, 11) is -3.44. The first kappa shape index (κ1) is 22.6. The van der Waals surface area contributed by atoms with E-state index in [0.717, 1.165) is 16.1 Å². The molecule has 0 saturated carbocycles. The van der Waals surface area contributed by atoms with E-state index in [0.29, 0.717) is 42.2 Å². The average molecular weight is 499 g/mol. The van der Waals surface area contributed by atoms with E-state index < -0.39 is 15.4 Å². The summed E-state index contributed by atoms with van der Waals surface area (Å²) in [5.41, 5.74) is 1.91. The molecule has 3 aliphatic rings. The van der Waals surface area contributed by atoms with Crippen molar-refractivity contribution in [1.29, 1.82) is 0 Å². The highest BCUT2D eigenvalue weighted by molar-refractivity contribution is 8.15. The van der Waals surface area contributed by atoms with Crippen LogP contribution in [0.1, 0.15) is 42.1 Å². The molecule has 0 aromatic heterocycles. The highest BCUT2D eigenvalue weighted by Crippen LogP contribution is 2.42. The third-order valence-electron chi connectivity index (χ3n) is 6.50. The van der Waals surface area contributed by atoms with Gasteiger partial charge in [0.1, 0.15) is 0 Å². The van der Waals surface area contributed by atoms with Gasteiger partial charge in [-0.3, -0.25) is 19.7 Å². The van der Waals surface area contributed by atoms with Gasteiger partial charge in [0, 0.05) is 29.1 Å². The SMILES string of the molecule is CCC1(c2ccc(NC(=O)c3ccc4c(c3)SC3=NS(=O)(=O)CCN34)cc2)CCC(=O)NC1=O. The van der Waals surface area contributed by atoms with Gasteiger partial charge >= 0.3 is 0 Å². The predicted octanol–water partition coefficient (Wildman–Crippen LogP) is 2.63. The quantitative estimate of drug-likeness (QED) is 0.621. The van der Waals surface area contributed by atoms with Crippen molar-refractivity contribution < 1.29 is 22.8 Å². The number of anilines is 2. The molecule has 1 saturated heterocycles. The molecule has 3 aliphatic heterocycles. The van der Waals surface area contributed by atoms with E-state index in [1.165, 1.54) is 11.8 Å². The van der Waals surface area contributed by atoms with E-state index in [1.54, 1.807) is 30.3 Å². The number of fused-ring (bicyclic) bond motifs is 3. The molecule has 2 N–H and O–H groups in total. The van der Waals surface area contributed by atoms with Crippen molar-refractivity contribution in [2.24, 2.45) is 4.40 Å². The normalized spacial score (nSPS) is 23.0. The van der Waals surface area contributed by atoms with Gasteiger partial charge in [0.15, 0.2) is 5.17 Å². The Labute approximate surface area is 201 Å². The number of benzene rings is 2. The fourth-order valence-corrected chi connectivity index (χ4v) is 6.81. The summed E-state index contributed by atoms with van der Waals surface area (Å²) in [6.07, 6.45) is 1.31. The Morgan fingerprint density at radius 3 is 2.68 bits per heavy atom. The minimum atomic E-state index is -3.44. The maximum Gasteiger partial charge on any atom is 0.257 e. The molecule has 5 rings (SSSR count). The molecule has 0 aliphatic carbocycles. The monoisotopic (exact) mass is 498 g/mol. The number of imide groups is 1. The van der Waals surface area contributed by atoms with Crippen LogP contribution < -0.4 is 15.5 Å². The van der Waals surface area contributed by atoms with Gasteiger partial charge in [-0.2, -0.15) is 0 Å². The summed E-state index contributed by atoms with van der Waals surface area (Å²) in [6, 6.07) is 12.3. The van der Waals surface area contributed by atoms with Gasteiger partial charge in [0.25, 0.3) is 15.9 Å². The molecule has 3 amide bonds. The van der Waals surface area contributed by atoms with Crippen LogP contribution in [0.4, 0.5) is 11.4 Å². The van der Waals surface area contributed by atoms with Crippen LogP contribution in [0.5, 0.6) is 0 Å². The lowest BCUT2D eigenvalue weighted by molar-refractivity contribution is -0.138. The van der Waals surface area contributed by atoms with Crippen LogP contribution >= 0.6 is 11.8 Å². The van der Waals surface area contributed by atoms with E-state index in [4.69, 9.17) is 0 Å². The topological polar surface area (TPSA) is 125 Å². The Hall–Kier alpha value is -3.18. The van der Waals surface area contributed by atoms with Crippen LogP contribution in [-0.4, -0.2) is 43.6 Å². The van der Waals surface area contributed by atoms with Crippen LogP contribution in [0.3, 0.4) is 0 Å². The van der Waals surface area contributed by atoms with E-state index in [1.807, 2.05) is 24.0 Å². The van der Waals surface area contributed by atoms with E-state index in [9.17, 15) is 22.8 Å². The van der Waals surface area contributed by atoms with Gasteiger partial charge < -0.3 is 10.2 Å². The molecule has 0 radical (unpaired) electrons. The number of hydrogen-bond acceptors (Lipinski definition) is 7. The summed E-state index contributed by atoms with van der Waals surface area (Å²) in [5, 5.41) is 5.71. The first-order chi connectivity index (χ1) is 16.2. The Morgan fingerprint density at radius 2 is 1.97 bits per heavy atom. The molecule has 176 valence electrons. The number of sulfonamides is 1. The van der Waals surface area contributed by atoms with Gasteiger partial charge in [-0.05, 0) is 60.5 Å². The number of amides is 3. The smallest absolute Gasteiger partial charge is 0.257 e.